The second kappa shape index (κ2) is 12.3. The Morgan fingerprint density at radius 2 is 1.31 bits per heavy atom. The number of benzene rings is 6. The Morgan fingerprint density at radius 1 is 0.600 bits per heavy atom. The summed E-state index contributed by atoms with van der Waals surface area (Å²) in [6, 6.07) is 58.1. The average Bonchev–Trinajstić information content (AvgIpc) is 3.75. The zero-order chi connectivity index (χ0) is 36.2. The summed E-state index contributed by atoms with van der Waals surface area (Å²) < 4.78 is 2.25. The van der Waals surface area contributed by atoms with E-state index in [0.29, 0.717) is 0 Å². The molecule has 4 heterocycles. The summed E-state index contributed by atoms with van der Waals surface area (Å²) >= 11 is 0. The molecule has 0 radical (unpaired) electrons. The van der Waals surface area contributed by atoms with Crippen LogP contribution in [0.3, 0.4) is 0 Å². The van der Waals surface area contributed by atoms with Crippen LogP contribution in [0.4, 0.5) is 0 Å². The summed E-state index contributed by atoms with van der Waals surface area (Å²) in [5, 5.41) is 4.24. The number of rotatable bonds is 3. The summed E-state index contributed by atoms with van der Waals surface area (Å²) in [6.07, 6.45) is 3.79. The third kappa shape index (κ3) is 4.77. The molecule has 0 atom stereocenters. The van der Waals surface area contributed by atoms with Gasteiger partial charge in [-0.2, -0.15) is 0 Å². The standard InChI is InChI=1S/C50H34N4.Pt/c1-49(2,3)34-27-32(46-36-14-5-4-13-31(36)24-26-52-46)28-35(29-34)50(41-17-8-6-15-37(41)38-16-7-9-18-42(38)50)33-22-23-39-40(30-33)48-53-43-19-10-11-20-44(43)54(48)45-21-12-25-51-47(39)45;/h4-27,29H,1-3H3;/q-2;+2. The maximum atomic E-state index is 5.26. The first kappa shape index (κ1) is 33.6. The molecule has 0 saturated carbocycles. The van der Waals surface area contributed by atoms with E-state index in [1.54, 1.807) is 0 Å². The van der Waals surface area contributed by atoms with Crippen LogP contribution in [0.15, 0.2) is 152 Å². The van der Waals surface area contributed by atoms with Gasteiger partial charge in [0.25, 0.3) is 0 Å². The van der Waals surface area contributed by atoms with E-state index in [1.807, 2.05) is 24.5 Å². The van der Waals surface area contributed by atoms with Crippen molar-refractivity contribution in [3.63, 3.8) is 0 Å². The van der Waals surface area contributed by atoms with Crippen LogP contribution in [-0.4, -0.2) is 19.4 Å². The molecule has 11 rings (SSSR count). The summed E-state index contributed by atoms with van der Waals surface area (Å²) in [5.74, 6) is 0. The van der Waals surface area contributed by atoms with Crippen molar-refractivity contribution in [3.8, 4) is 22.4 Å². The molecule has 10 aromatic rings. The Morgan fingerprint density at radius 3 is 2.11 bits per heavy atom. The number of nitrogens with zero attached hydrogens (tertiary/aromatic N) is 4. The van der Waals surface area contributed by atoms with E-state index < -0.39 is 5.41 Å². The van der Waals surface area contributed by atoms with Gasteiger partial charge < -0.3 is 9.38 Å². The largest absolute Gasteiger partial charge is 2.00 e. The minimum Gasteiger partial charge on any atom is -0.332 e. The molecule has 0 fully saturated rings. The molecule has 55 heavy (non-hydrogen) atoms. The average molecular weight is 886 g/mol. The molecule has 0 spiro atoms. The van der Waals surface area contributed by atoms with Crippen molar-refractivity contribution < 1.29 is 21.1 Å². The van der Waals surface area contributed by atoms with Gasteiger partial charge in [-0.25, -0.2) is 0 Å². The fourth-order valence-corrected chi connectivity index (χ4v) is 8.94. The van der Waals surface area contributed by atoms with Gasteiger partial charge in [0.15, 0.2) is 0 Å². The van der Waals surface area contributed by atoms with E-state index in [9.17, 15) is 0 Å². The molecule has 1 aliphatic carbocycles. The molecule has 0 saturated heterocycles. The maximum Gasteiger partial charge on any atom is 2.00 e. The predicted octanol–water partition coefficient (Wildman–Crippen LogP) is 11.7. The number of pyridine rings is 3. The number of imidazole rings is 1. The molecule has 4 nitrogen and oxygen atoms in total. The molecule has 0 N–H and O–H groups in total. The van der Waals surface area contributed by atoms with Crippen LogP contribution in [0.2, 0.25) is 0 Å². The van der Waals surface area contributed by atoms with Crippen LogP contribution < -0.4 is 0 Å². The molecule has 0 bridgehead atoms. The van der Waals surface area contributed by atoms with Crippen LogP contribution in [-0.2, 0) is 31.9 Å². The number of para-hydroxylation sites is 2. The van der Waals surface area contributed by atoms with Crippen LogP contribution in [0.25, 0.3) is 71.6 Å². The van der Waals surface area contributed by atoms with Gasteiger partial charge in [-0.15, -0.1) is 58.7 Å². The van der Waals surface area contributed by atoms with Crippen LogP contribution in [0, 0.1) is 12.1 Å². The summed E-state index contributed by atoms with van der Waals surface area (Å²) in [5.41, 5.74) is 14.0. The molecule has 0 amide bonds. The molecule has 264 valence electrons. The van der Waals surface area contributed by atoms with Gasteiger partial charge in [0.05, 0.1) is 27.7 Å². The second-order valence-electron chi connectivity index (χ2n) is 15.5. The zero-order valence-electron chi connectivity index (χ0n) is 30.5. The number of fused-ring (bicyclic) bond motifs is 12. The van der Waals surface area contributed by atoms with Gasteiger partial charge in [-0.05, 0) is 74.5 Å². The van der Waals surface area contributed by atoms with Gasteiger partial charge in [0.2, 0.25) is 0 Å². The Hall–Kier alpha value is -5.96. The molecule has 6 aromatic carbocycles. The zero-order valence-corrected chi connectivity index (χ0v) is 32.8. The first-order valence-electron chi connectivity index (χ1n) is 18.5. The fourth-order valence-electron chi connectivity index (χ4n) is 8.94. The Balaban J connectivity index is 0.00000372. The van der Waals surface area contributed by atoms with Gasteiger partial charge in [-0.3, -0.25) is 9.97 Å². The molecule has 4 aromatic heterocycles. The maximum absolute atomic E-state index is 5.26. The van der Waals surface area contributed by atoms with Crippen LogP contribution in [0.1, 0.15) is 48.6 Å². The molecule has 0 aliphatic heterocycles. The van der Waals surface area contributed by atoms with E-state index in [1.165, 1.54) is 27.8 Å². The van der Waals surface area contributed by atoms with Gasteiger partial charge >= 0.3 is 21.1 Å². The second-order valence-corrected chi connectivity index (χ2v) is 15.5. The van der Waals surface area contributed by atoms with E-state index in [2.05, 4.69) is 165 Å². The molecular weight excluding hydrogens is 852 g/mol. The van der Waals surface area contributed by atoms with E-state index in [4.69, 9.17) is 15.0 Å². The quantitative estimate of drug-likeness (QED) is 0.131. The van der Waals surface area contributed by atoms with Crippen molar-refractivity contribution >= 4 is 49.3 Å². The smallest absolute Gasteiger partial charge is 0.332 e. The SMILES string of the molecule is CC(C)(C)c1cc(-c2nccc3ccccc23)[c-]c(C2(c3[c-]c4c(cc3)c3ncccc3n3c5ccccc5nc43)c3ccccc3-c3ccccc32)c1.[Pt+2]. The Kier molecular flexibility index (Phi) is 7.50. The topological polar surface area (TPSA) is 43.1 Å². The first-order valence-corrected chi connectivity index (χ1v) is 18.5. The van der Waals surface area contributed by atoms with Crippen LogP contribution >= 0.6 is 0 Å². The number of aromatic nitrogens is 4. The van der Waals surface area contributed by atoms with Gasteiger partial charge in [-0.1, -0.05) is 116 Å². The van der Waals surface area contributed by atoms with Gasteiger partial charge in [0, 0.05) is 17.8 Å². The molecule has 5 heteroatoms. The Bertz CT molecular complexity index is 3120. The van der Waals surface area contributed by atoms with Crippen molar-refractivity contribution in [3.05, 3.63) is 192 Å². The van der Waals surface area contributed by atoms with Crippen molar-refractivity contribution in [2.75, 3.05) is 0 Å². The first-order chi connectivity index (χ1) is 26.4. The summed E-state index contributed by atoms with van der Waals surface area (Å²) in [6.45, 7) is 6.86. The van der Waals surface area contributed by atoms with Crippen molar-refractivity contribution in [2.45, 2.75) is 31.6 Å². The van der Waals surface area contributed by atoms with E-state index in [-0.39, 0.29) is 26.5 Å². The monoisotopic (exact) mass is 885 g/mol. The molecular formula is C50H34N4Pt. The van der Waals surface area contributed by atoms with Gasteiger partial charge in [0.1, 0.15) is 0 Å². The van der Waals surface area contributed by atoms with Crippen molar-refractivity contribution in [1.82, 2.24) is 19.4 Å². The third-order valence-corrected chi connectivity index (χ3v) is 11.4. The third-order valence-electron chi connectivity index (χ3n) is 11.4. The minimum absolute atomic E-state index is 0. The summed E-state index contributed by atoms with van der Waals surface area (Å²) in [7, 11) is 0. The molecule has 0 unspecified atom stereocenters. The number of hydrogen-bond donors (Lipinski definition) is 0. The van der Waals surface area contributed by atoms with Crippen molar-refractivity contribution in [1.29, 1.82) is 0 Å². The number of hydrogen-bond acceptors (Lipinski definition) is 3. The Labute approximate surface area is 333 Å². The van der Waals surface area contributed by atoms with E-state index in [0.717, 1.165) is 71.6 Å². The summed E-state index contributed by atoms with van der Waals surface area (Å²) in [4.78, 5) is 15.2. The molecule has 1 aliphatic rings. The normalized spacial score (nSPS) is 13.4. The van der Waals surface area contributed by atoms with E-state index >= 15 is 0 Å². The minimum atomic E-state index is -0.746. The predicted molar refractivity (Wildman–Crippen MR) is 220 cm³/mol. The van der Waals surface area contributed by atoms with Crippen molar-refractivity contribution in [2.24, 2.45) is 0 Å². The van der Waals surface area contributed by atoms with Crippen LogP contribution in [0.5, 0.6) is 0 Å². The fraction of sp³-hybridized carbons (Fsp3) is 0.100.